The first-order valence-electron chi connectivity index (χ1n) is 5.73. The summed E-state index contributed by atoms with van der Waals surface area (Å²) in [6, 6.07) is 3.57. The number of carboxylic acid groups (broad SMARTS) is 1. The van der Waals surface area contributed by atoms with Crippen molar-refractivity contribution in [1.29, 1.82) is 0 Å². The number of aromatic nitrogens is 1. The van der Waals surface area contributed by atoms with Crippen molar-refractivity contribution in [3.05, 3.63) is 28.6 Å². The molecule has 2 aromatic rings. The van der Waals surface area contributed by atoms with Gasteiger partial charge in [0.1, 0.15) is 5.52 Å². The molecule has 0 aliphatic carbocycles. The molecule has 1 aromatic heterocycles. The zero-order valence-electron chi connectivity index (χ0n) is 10.2. The summed E-state index contributed by atoms with van der Waals surface area (Å²) in [5.74, 6) is -0.256. The second-order valence-electron chi connectivity index (χ2n) is 4.59. The van der Waals surface area contributed by atoms with E-state index in [1.54, 1.807) is 6.07 Å². The fourth-order valence-corrected chi connectivity index (χ4v) is 2.23. The number of rotatable bonds is 4. The van der Waals surface area contributed by atoms with Crippen LogP contribution < -0.4 is 0 Å². The quantitative estimate of drug-likeness (QED) is 0.922. The smallest absolute Gasteiger partial charge is 0.303 e. The predicted octanol–water partition coefficient (Wildman–Crippen LogP) is 3.44. The summed E-state index contributed by atoms with van der Waals surface area (Å²) in [5, 5.41) is 9.34. The number of carbonyl (C=O) groups is 1. The Morgan fingerprint density at radius 1 is 1.56 bits per heavy atom. The van der Waals surface area contributed by atoms with Gasteiger partial charge in [-0.1, -0.05) is 18.5 Å². The van der Waals surface area contributed by atoms with Gasteiger partial charge in [0.05, 0.1) is 0 Å². The number of hydrogen-bond donors (Lipinski definition) is 1. The highest BCUT2D eigenvalue weighted by Crippen LogP contribution is 2.25. The van der Waals surface area contributed by atoms with Gasteiger partial charge >= 0.3 is 5.97 Å². The van der Waals surface area contributed by atoms with Crippen LogP contribution in [0.1, 0.15) is 24.8 Å². The molecule has 0 saturated carbocycles. The molecule has 0 bridgehead atoms. The lowest BCUT2D eigenvalue weighted by molar-refractivity contribution is -0.137. The van der Waals surface area contributed by atoms with Crippen molar-refractivity contribution in [2.45, 2.75) is 26.7 Å². The van der Waals surface area contributed by atoms with E-state index < -0.39 is 5.97 Å². The number of hydrogen-bond acceptors (Lipinski definition) is 3. The lowest BCUT2D eigenvalue weighted by Gasteiger charge is -2.03. The van der Waals surface area contributed by atoms with Crippen molar-refractivity contribution in [3.63, 3.8) is 0 Å². The molecule has 5 heteroatoms. The third kappa shape index (κ3) is 2.82. The highest BCUT2D eigenvalue weighted by molar-refractivity contribution is 6.31. The van der Waals surface area contributed by atoms with Crippen molar-refractivity contribution in [2.75, 3.05) is 0 Å². The Balaban J connectivity index is 2.25. The van der Waals surface area contributed by atoms with Gasteiger partial charge in [-0.2, -0.15) is 0 Å². The predicted molar refractivity (Wildman–Crippen MR) is 68.9 cm³/mol. The van der Waals surface area contributed by atoms with Crippen molar-refractivity contribution in [2.24, 2.45) is 5.92 Å². The maximum atomic E-state index is 10.6. The minimum atomic E-state index is -0.808. The molecule has 0 saturated heterocycles. The monoisotopic (exact) mass is 267 g/mol. The highest BCUT2D eigenvalue weighted by Gasteiger charge is 2.14. The summed E-state index contributed by atoms with van der Waals surface area (Å²) in [6.07, 6.45) is 0.622. The number of fused-ring (bicyclic) bond motifs is 1. The van der Waals surface area contributed by atoms with Gasteiger partial charge in [-0.25, -0.2) is 4.98 Å². The number of oxazole rings is 1. The molecule has 0 aliphatic rings. The first-order valence-corrected chi connectivity index (χ1v) is 6.11. The summed E-state index contributed by atoms with van der Waals surface area (Å²) in [7, 11) is 0. The first-order chi connectivity index (χ1) is 8.45. The van der Waals surface area contributed by atoms with Gasteiger partial charge < -0.3 is 9.52 Å². The number of aryl methyl sites for hydroxylation is 1. The van der Waals surface area contributed by atoms with Crippen LogP contribution in [0, 0.1) is 12.8 Å². The van der Waals surface area contributed by atoms with Crippen LogP contribution >= 0.6 is 11.6 Å². The molecule has 0 spiro atoms. The van der Waals surface area contributed by atoms with Gasteiger partial charge in [0, 0.05) is 17.9 Å². The van der Waals surface area contributed by atoms with Gasteiger partial charge in [-0.15, -0.1) is 0 Å². The molecule has 1 aromatic carbocycles. The Hall–Kier alpha value is -1.55. The molecule has 0 amide bonds. The number of carboxylic acids is 1. The zero-order valence-corrected chi connectivity index (χ0v) is 11.0. The van der Waals surface area contributed by atoms with Crippen molar-refractivity contribution in [1.82, 2.24) is 4.98 Å². The number of aliphatic carboxylic acids is 1. The van der Waals surface area contributed by atoms with E-state index in [1.165, 1.54) is 0 Å². The van der Waals surface area contributed by atoms with Crippen LogP contribution in [0.3, 0.4) is 0 Å². The minimum Gasteiger partial charge on any atom is -0.481 e. The van der Waals surface area contributed by atoms with Crippen LogP contribution in [0.4, 0.5) is 0 Å². The second-order valence-corrected chi connectivity index (χ2v) is 5.02. The van der Waals surface area contributed by atoms with E-state index in [0.717, 1.165) is 16.7 Å². The van der Waals surface area contributed by atoms with E-state index in [0.29, 0.717) is 17.3 Å². The molecule has 0 fully saturated rings. The number of benzene rings is 1. The molecule has 0 aliphatic heterocycles. The van der Waals surface area contributed by atoms with E-state index in [4.69, 9.17) is 21.1 Å². The van der Waals surface area contributed by atoms with Crippen LogP contribution in [0.2, 0.25) is 5.02 Å². The fraction of sp³-hybridized carbons (Fsp3) is 0.385. The SMILES string of the molecule is Cc1cc(Cl)cc2nc(CC(C)CC(=O)O)oc12. The van der Waals surface area contributed by atoms with E-state index in [9.17, 15) is 4.79 Å². The molecule has 96 valence electrons. The van der Waals surface area contributed by atoms with Crippen LogP contribution in [-0.2, 0) is 11.2 Å². The van der Waals surface area contributed by atoms with Crippen molar-refractivity contribution < 1.29 is 14.3 Å². The Morgan fingerprint density at radius 3 is 2.94 bits per heavy atom. The molecular formula is C13H14ClNO3. The molecule has 1 unspecified atom stereocenters. The van der Waals surface area contributed by atoms with Crippen LogP contribution in [0.15, 0.2) is 16.5 Å². The van der Waals surface area contributed by atoms with Crippen molar-refractivity contribution in [3.8, 4) is 0 Å². The zero-order chi connectivity index (χ0) is 13.3. The molecule has 0 radical (unpaired) electrons. The highest BCUT2D eigenvalue weighted by atomic mass is 35.5. The average Bonchev–Trinajstić information content (AvgIpc) is 2.58. The molecule has 1 atom stereocenters. The Labute approximate surface area is 110 Å². The summed E-state index contributed by atoms with van der Waals surface area (Å²) < 4.78 is 5.64. The van der Waals surface area contributed by atoms with Crippen LogP contribution in [0.25, 0.3) is 11.1 Å². The van der Waals surface area contributed by atoms with Crippen molar-refractivity contribution >= 4 is 28.7 Å². The maximum absolute atomic E-state index is 10.6. The molecule has 4 nitrogen and oxygen atoms in total. The minimum absolute atomic E-state index is 0.00802. The summed E-state index contributed by atoms with van der Waals surface area (Å²) in [5.41, 5.74) is 2.37. The Bertz CT molecular complexity index is 591. The number of halogens is 1. The van der Waals surface area contributed by atoms with E-state index in [1.807, 2.05) is 19.9 Å². The van der Waals surface area contributed by atoms with Gasteiger partial charge in [-0.05, 0) is 30.5 Å². The van der Waals surface area contributed by atoms with E-state index >= 15 is 0 Å². The third-order valence-electron chi connectivity index (χ3n) is 2.73. The summed E-state index contributed by atoms with van der Waals surface area (Å²) >= 11 is 5.95. The maximum Gasteiger partial charge on any atom is 0.303 e. The standard InChI is InChI=1S/C13H14ClNO3/c1-7(4-12(16)17)3-11-15-10-6-9(14)5-8(2)13(10)18-11/h5-7H,3-4H2,1-2H3,(H,16,17). The Kier molecular flexibility index (Phi) is 3.57. The molecule has 18 heavy (non-hydrogen) atoms. The van der Waals surface area contributed by atoms with Crippen LogP contribution in [-0.4, -0.2) is 16.1 Å². The van der Waals surface area contributed by atoms with Gasteiger partial charge in [0.25, 0.3) is 0 Å². The van der Waals surface area contributed by atoms with Gasteiger partial charge in [0.15, 0.2) is 11.5 Å². The lowest BCUT2D eigenvalue weighted by atomic mass is 10.0. The molecule has 2 rings (SSSR count). The molecular weight excluding hydrogens is 254 g/mol. The van der Waals surface area contributed by atoms with E-state index in [-0.39, 0.29) is 12.3 Å². The van der Waals surface area contributed by atoms with Crippen LogP contribution in [0.5, 0.6) is 0 Å². The van der Waals surface area contributed by atoms with Gasteiger partial charge in [0.2, 0.25) is 0 Å². The first kappa shape index (κ1) is 12.9. The lowest BCUT2D eigenvalue weighted by Crippen LogP contribution is -2.07. The third-order valence-corrected chi connectivity index (χ3v) is 2.95. The number of nitrogens with zero attached hydrogens (tertiary/aromatic N) is 1. The average molecular weight is 268 g/mol. The second kappa shape index (κ2) is 4.98. The molecule has 1 N–H and O–H groups in total. The topological polar surface area (TPSA) is 63.3 Å². The van der Waals surface area contributed by atoms with Gasteiger partial charge in [-0.3, -0.25) is 4.79 Å². The van der Waals surface area contributed by atoms with E-state index in [2.05, 4.69) is 4.98 Å². The largest absolute Gasteiger partial charge is 0.481 e. The molecule has 1 heterocycles. The fourth-order valence-electron chi connectivity index (χ4n) is 1.96. The summed E-state index contributed by atoms with van der Waals surface area (Å²) in [6.45, 7) is 3.77. The normalized spacial score (nSPS) is 12.8. The Morgan fingerprint density at radius 2 is 2.28 bits per heavy atom. The summed E-state index contributed by atoms with van der Waals surface area (Å²) in [4.78, 5) is 14.9.